The maximum Gasteiger partial charge on any atom is 0.256 e. The fourth-order valence-electron chi connectivity index (χ4n) is 3.78. The van der Waals surface area contributed by atoms with Crippen LogP contribution in [0.15, 0.2) is 90.6 Å². The minimum Gasteiger partial charge on any atom is -0.320 e. The number of carbonyl (C=O) groups excluding carboxylic acids is 1. The lowest BCUT2D eigenvalue weighted by molar-refractivity contribution is 0.102. The molecule has 4 rings (SSSR count). The van der Waals surface area contributed by atoms with E-state index in [1.165, 1.54) is 5.57 Å². The van der Waals surface area contributed by atoms with Gasteiger partial charge < -0.3 is 5.32 Å². The van der Waals surface area contributed by atoms with Crippen LogP contribution in [0.1, 0.15) is 34.0 Å². The van der Waals surface area contributed by atoms with Crippen LogP contribution in [0, 0.1) is 6.92 Å². The Kier molecular flexibility index (Phi) is 5.71. The first kappa shape index (κ1) is 19.6. The number of pyridine rings is 1. The molecule has 1 amide bonds. The highest BCUT2D eigenvalue weighted by atomic mass is 16.1. The largest absolute Gasteiger partial charge is 0.320 e. The molecule has 0 bridgehead atoms. The second-order valence-corrected chi connectivity index (χ2v) is 7.52. The van der Waals surface area contributed by atoms with Crippen molar-refractivity contribution in [2.75, 3.05) is 5.32 Å². The molecular formula is C27H24N2O. The van der Waals surface area contributed by atoms with E-state index in [0.29, 0.717) is 6.42 Å². The van der Waals surface area contributed by atoms with E-state index < -0.39 is 0 Å². The zero-order valence-electron chi connectivity index (χ0n) is 17.2. The number of amides is 1. The van der Waals surface area contributed by atoms with Crippen molar-refractivity contribution in [3.8, 4) is 0 Å². The third kappa shape index (κ3) is 4.31. The van der Waals surface area contributed by atoms with Crippen molar-refractivity contribution in [2.24, 2.45) is 0 Å². The van der Waals surface area contributed by atoms with Crippen LogP contribution in [0.5, 0.6) is 0 Å². The molecule has 148 valence electrons. The lowest BCUT2D eigenvalue weighted by atomic mass is 9.95. The van der Waals surface area contributed by atoms with Crippen LogP contribution in [0.3, 0.4) is 0 Å². The van der Waals surface area contributed by atoms with Gasteiger partial charge in [0.05, 0.1) is 11.2 Å². The van der Waals surface area contributed by atoms with Crippen LogP contribution in [0.25, 0.3) is 17.0 Å². The highest BCUT2D eigenvalue weighted by molar-refractivity contribution is 6.09. The number of nitrogens with one attached hydrogen (secondary N) is 1. The van der Waals surface area contributed by atoms with Gasteiger partial charge in [0.15, 0.2) is 0 Å². The van der Waals surface area contributed by atoms with Gasteiger partial charge >= 0.3 is 0 Å². The van der Waals surface area contributed by atoms with E-state index >= 15 is 0 Å². The molecule has 0 radical (unpaired) electrons. The summed E-state index contributed by atoms with van der Waals surface area (Å²) in [6.07, 6.45) is 4.63. The van der Waals surface area contributed by atoms with E-state index in [1.807, 2.05) is 73.7 Å². The number of hydrogen-bond acceptors (Lipinski definition) is 2. The molecule has 1 aromatic heterocycles. The average Bonchev–Trinajstić information content (AvgIpc) is 2.74. The van der Waals surface area contributed by atoms with Crippen molar-refractivity contribution in [1.82, 2.24) is 4.98 Å². The zero-order chi connectivity index (χ0) is 20.9. The number of anilines is 1. The number of para-hydroxylation sites is 1. The Morgan fingerprint density at radius 1 is 0.933 bits per heavy atom. The minimum atomic E-state index is -0.103. The number of carbonyl (C=O) groups is 1. The molecule has 0 spiro atoms. The van der Waals surface area contributed by atoms with Crippen LogP contribution in [0.4, 0.5) is 5.69 Å². The Morgan fingerprint density at radius 3 is 2.53 bits per heavy atom. The first-order valence-electron chi connectivity index (χ1n) is 10.1. The molecule has 1 heterocycles. The van der Waals surface area contributed by atoms with Gasteiger partial charge in [-0.2, -0.15) is 0 Å². The molecule has 3 nitrogen and oxygen atoms in total. The number of aryl methyl sites for hydroxylation is 1. The van der Waals surface area contributed by atoms with E-state index in [-0.39, 0.29) is 5.91 Å². The molecule has 0 unspecified atom stereocenters. The summed E-state index contributed by atoms with van der Waals surface area (Å²) in [6, 6.07) is 26.0. The second kappa shape index (κ2) is 8.75. The number of aromatic nitrogens is 1. The Labute approximate surface area is 177 Å². The number of fused-ring (bicyclic) bond motifs is 1. The van der Waals surface area contributed by atoms with Gasteiger partial charge in [-0.15, -0.1) is 0 Å². The fraction of sp³-hybridized carbons (Fsp3) is 0.111. The maximum absolute atomic E-state index is 13.3. The minimum absolute atomic E-state index is 0.103. The summed E-state index contributed by atoms with van der Waals surface area (Å²) in [6.45, 7) is 4.08. The Balaban J connectivity index is 1.64. The van der Waals surface area contributed by atoms with E-state index in [0.717, 1.165) is 38.8 Å². The first-order valence-corrected chi connectivity index (χ1v) is 10.1. The summed E-state index contributed by atoms with van der Waals surface area (Å²) in [5.41, 5.74) is 6.60. The van der Waals surface area contributed by atoms with Gasteiger partial charge in [0, 0.05) is 17.1 Å². The average molecular weight is 393 g/mol. The van der Waals surface area contributed by atoms with E-state index in [9.17, 15) is 4.79 Å². The van der Waals surface area contributed by atoms with Gasteiger partial charge in [0.25, 0.3) is 5.91 Å². The quantitative estimate of drug-likeness (QED) is 0.424. The van der Waals surface area contributed by atoms with Crippen molar-refractivity contribution in [1.29, 1.82) is 0 Å². The molecule has 0 aliphatic heterocycles. The van der Waals surface area contributed by atoms with Crippen LogP contribution < -0.4 is 5.32 Å². The SMILES string of the molecule is C/C(=C\c1ccccc1)Cc1cccc(C)c1C(=O)Nc1cccc2cccnc12. The van der Waals surface area contributed by atoms with Crippen molar-refractivity contribution in [3.63, 3.8) is 0 Å². The van der Waals surface area contributed by atoms with Crippen LogP contribution >= 0.6 is 0 Å². The van der Waals surface area contributed by atoms with Gasteiger partial charge in [0.2, 0.25) is 0 Å². The highest BCUT2D eigenvalue weighted by Crippen LogP contribution is 2.24. The molecule has 4 aromatic rings. The molecular weight excluding hydrogens is 368 g/mol. The van der Waals surface area contributed by atoms with Crippen molar-refractivity contribution < 1.29 is 4.79 Å². The van der Waals surface area contributed by atoms with Gasteiger partial charge in [-0.05, 0) is 49.1 Å². The fourth-order valence-corrected chi connectivity index (χ4v) is 3.78. The molecule has 0 aliphatic rings. The first-order chi connectivity index (χ1) is 14.6. The normalized spacial score (nSPS) is 11.5. The summed E-state index contributed by atoms with van der Waals surface area (Å²) in [5.74, 6) is -0.103. The van der Waals surface area contributed by atoms with Gasteiger partial charge in [0.1, 0.15) is 0 Å². The summed E-state index contributed by atoms with van der Waals surface area (Å²) >= 11 is 0. The number of allylic oxidation sites excluding steroid dienone is 1. The van der Waals surface area contributed by atoms with Gasteiger partial charge in [-0.25, -0.2) is 0 Å². The van der Waals surface area contributed by atoms with E-state index in [1.54, 1.807) is 6.20 Å². The van der Waals surface area contributed by atoms with Crippen molar-refractivity contribution in [2.45, 2.75) is 20.3 Å². The van der Waals surface area contributed by atoms with E-state index in [2.05, 4.69) is 35.4 Å². The zero-order valence-corrected chi connectivity index (χ0v) is 17.2. The molecule has 0 fully saturated rings. The molecule has 30 heavy (non-hydrogen) atoms. The lowest BCUT2D eigenvalue weighted by Crippen LogP contribution is -2.16. The van der Waals surface area contributed by atoms with Crippen LogP contribution in [0.2, 0.25) is 0 Å². The second-order valence-electron chi connectivity index (χ2n) is 7.52. The molecule has 0 saturated heterocycles. The molecule has 0 atom stereocenters. The number of hydrogen-bond donors (Lipinski definition) is 1. The van der Waals surface area contributed by atoms with Crippen molar-refractivity contribution in [3.05, 3.63) is 113 Å². The standard InChI is InChI=1S/C27H24N2O/c1-19(17-21-10-4-3-5-11-21)18-23-13-6-9-20(2)25(23)27(30)29-24-15-7-12-22-14-8-16-28-26(22)24/h3-17H,18H2,1-2H3,(H,29,30)/b19-17+. The van der Waals surface area contributed by atoms with E-state index in [4.69, 9.17) is 0 Å². The summed E-state index contributed by atoms with van der Waals surface area (Å²) in [4.78, 5) is 17.7. The lowest BCUT2D eigenvalue weighted by Gasteiger charge is -2.14. The number of benzene rings is 3. The van der Waals surface area contributed by atoms with Crippen LogP contribution in [-0.2, 0) is 6.42 Å². The Bertz CT molecular complexity index is 1220. The van der Waals surface area contributed by atoms with Gasteiger partial charge in [-0.3, -0.25) is 9.78 Å². The summed E-state index contributed by atoms with van der Waals surface area (Å²) < 4.78 is 0. The van der Waals surface area contributed by atoms with Crippen molar-refractivity contribution >= 4 is 28.6 Å². The Morgan fingerprint density at radius 2 is 1.70 bits per heavy atom. The third-order valence-electron chi connectivity index (χ3n) is 5.15. The third-order valence-corrected chi connectivity index (χ3v) is 5.15. The predicted molar refractivity (Wildman–Crippen MR) is 125 cm³/mol. The monoisotopic (exact) mass is 392 g/mol. The maximum atomic E-state index is 13.3. The smallest absolute Gasteiger partial charge is 0.256 e. The number of rotatable bonds is 5. The summed E-state index contributed by atoms with van der Waals surface area (Å²) in [7, 11) is 0. The molecule has 1 N–H and O–H groups in total. The Hall–Kier alpha value is -3.72. The van der Waals surface area contributed by atoms with Crippen LogP contribution in [-0.4, -0.2) is 10.9 Å². The highest BCUT2D eigenvalue weighted by Gasteiger charge is 2.16. The molecule has 0 saturated carbocycles. The molecule has 0 aliphatic carbocycles. The number of nitrogens with zero attached hydrogens (tertiary/aromatic N) is 1. The van der Waals surface area contributed by atoms with Gasteiger partial charge in [-0.1, -0.05) is 78.4 Å². The summed E-state index contributed by atoms with van der Waals surface area (Å²) in [5, 5.41) is 4.09. The topological polar surface area (TPSA) is 42.0 Å². The molecule has 3 heteroatoms. The molecule has 3 aromatic carbocycles. The predicted octanol–water partition coefficient (Wildman–Crippen LogP) is 6.44.